The molecular formula is C27H40Cl4N2O6. The van der Waals surface area contributed by atoms with Gasteiger partial charge in [-0.25, -0.2) is 0 Å². The summed E-state index contributed by atoms with van der Waals surface area (Å²) in [5.74, 6) is 2.24. The van der Waals surface area contributed by atoms with Crippen molar-refractivity contribution >= 4 is 57.6 Å². The van der Waals surface area contributed by atoms with Gasteiger partial charge in [0.2, 0.25) is 11.1 Å². The molecule has 1 aliphatic rings. The highest BCUT2D eigenvalue weighted by Crippen LogP contribution is 2.16. The van der Waals surface area contributed by atoms with Crippen LogP contribution in [0.4, 0.5) is 0 Å². The molecule has 0 bridgehead atoms. The molecule has 2 aromatic carbocycles. The first-order valence-corrected chi connectivity index (χ1v) is 13.6. The number of benzene rings is 2. The van der Waals surface area contributed by atoms with Crippen LogP contribution in [-0.4, -0.2) is 84.9 Å². The van der Waals surface area contributed by atoms with E-state index in [1.54, 1.807) is 19.1 Å². The molecule has 2 unspecified atom stereocenters. The Balaban J connectivity index is 0. The first kappa shape index (κ1) is 37.2. The molecule has 0 aromatic heterocycles. The van der Waals surface area contributed by atoms with Gasteiger partial charge in [0.1, 0.15) is 18.1 Å². The average Bonchev–Trinajstić information content (AvgIpc) is 2.95. The van der Waals surface area contributed by atoms with Gasteiger partial charge < -0.3 is 29.5 Å². The van der Waals surface area contributed by atoms with Crippen LogP contribution in [0.3, 0.4) is 0 Å². The van der Waals surface area contributed by atoms with Crippen LogP contribution in [0.25, 0.3) is 0 Å². The summed E-state index contributed by atoms with van der Waals surface area (Å²) in [6.07, 6.45) is -0.549. The minimum absolute atomic E-state index is 0. The molecule has 0 radical (unpaired) electrons. The predicted octanol–water partition coefficient (Wildman–Crippen LogP) is 4.92. The maximum atomic E-state index is 11.7. The van der Waals surface area contributed by atoms with Gasteiger partial charge in [-0.1, -0.05) is 31.7 Å². The first-order valence-electron chi connectivity index (χ1n) is 11.7. The molecule has 12 heteroatoms. The number of ether oxygens (including phenoxy) is 3. The Morgan fingerprint density at radius 1 is 1.08 bits per heavy atom. The monoisotopic (exact) mass is 629 g/mol. The van der Waals surface area contributed by atoms with Crippen molar-refractivity contribution in [2.24, 2.45) is 0 Å². The highest BCUT2D eigenvalue weighted by atomic mass is 35.5. The van der Waals surface area contributed by atoms with E-state index in [2.05, 4.69) is 5.32 Å². The van der Waals surface area contributed by atoms with Crippen molar-refractivity contribution in [2.45, 2.75) is 32.7 Å². The quantitative estimate of drug-likeness (QED) is 0.269. The molecule has 2 aromatic rings. The largest absolute Gasteiger partial charge is 0.497 e. The van der Waals surface area contributed by atoms with Gasteiger partial charge in [0, 0.05) is 33.5 Å². The van der Waals surface area contributed by atoms with Crippen LogP contribution in [0.2, 0.25) is 0 Å². The minimum atomic E-state index is -0.508. The summed E-state index contributed by atoms with van der Waals surface area (Å²) in [6, 6.07) is 15.5. The van der Waals surface area contributed by atoms with Gasteiger partial charge in [0.25, 0.3) is 0 Å². The van der Waals surface area contributed by atoms with Crippen molar-refractivity contribution in [1.29, 1.82) is 0 Å². The smallest absolute Gasteiger partial charge is 0.248 e. The highest BCUT2D eigenvalue weighted by molar-refractivity contribution is 6.67. The number of hydrogen-bond donors (Lipinski definition) is 2. The van der Waals surface area contributed by atoms with Crippen LogP contribution in [0.15, 0.2) is 48.5 Å². The summed E-state index contributed by atoms with van der Waals surface area (Å²) in [4.78, 5) is 22.9. The zero-order valence-corrected chi connectivity index (χ0v) is 24.4. The van der Waals surface area contributed by atoms with Crippen molar-refractivity contribution in [3.05, 3.63) is 59.7 Å². The maximum Gasteiger partial charge on any atom is 0.248 e. The van der Waals surface area contributed by atoms with Gasteiger partial charge in [0.05, 0.1) is 38.2 Å². The van der Waals surface area contributed by atoms with E-state index in [9.17, 15) is 14.7 Å². The number of aliphatic hydroxyl groups excluding tert-OH is 1. The van der Waals surface area contributed by atoms with E-state index in [4.69, 9.17) is 60.6 Å². The van der Waals surface area contributed by atoms with Gasteiger partial charge in [0.15, 0.2) is 0 Å². The summed E-state index contributed by atoms with van der Waals surface area (Å²) in [7, 11) is 3.27. The zero-order valence-electron chi connectivity index (χ0n) is 21.4. The van der Waals surface area contributed by atoms with Crippen LogP contribution >= 0.6 is 46.4 Å². The van der Waals surface area contributed by atoms with Crippen LogP contribution < -0.4 is 14.8 Å². The van der Waals surface area contributed by atoms with Crippen LogP contribution in [0.1, 0.15) is 20.0 Å². The Labute approximate surface area is 252 Å². The second-order valence-corrected chi connectivity index (χ2v) is 9.29. The Morgan fingerprint density at radius 3 is 2.03 bits per heavy atom. The lowest BCUT2D eigenvalue weighted by molar-refractivity contribution is -0.148. The van der Waals surface area contributed by atoms with Crippen molar-refractivity contribution < 1.29 is 30.3 Å². The van der Waals surface area contributed by atoms with E-state index in [1.165, 1.54) is 0 Å². The number of halogens is 4. The molecular weight excluding hydrogens is 590 g/mol. The third kappa shape index (κ3) is 16.2. The topological polar surface area (TPSA) is 97.3 Å². The summed E-state index contributed by atoms with van der Waals surface area (Å²) >= 11 is 20.8. The van der Waals surface area contributed by atoms with Gasteiger partial charge >= 0.3 is 0 Å². The van der Waals surface area contributed by atoms with E-state index < -0.39 is 11.3 Å². The third-order valence-corrected chi connectivity index (χ3v) is 6.29. The maximum absolute atomic E-state index is 11.7. The van der Waals surface area contributed by atoms with Crippen LogP contribution in [0, 0.1) is 0 Å². The Hall–Kier alpha value is -1.78. The van der Waals surface area contributed by atoms with Gasteiger partial charge in [-0.2, -0.15) is 0 Å². The number of amides is 1. The van der Waals surface area contributed by atoms with Crippen molar-refractivity contribution in [1.82, 2.24) is 10.2 Å². The Morgan fingerprint density at radius 2 is 1.59 bits per heavy atom. The number of nitrogens with zero attached hydrogens (tertiary/aromatic N) is 1. The van der Waals surface area contributed by atoms with Gasteiger partial charge in [-0.15, -0.1) is 34.8 Å². The molecule has 8 nitrogen and oxygen atoms in total. The molecule has 0 aliphatic carbocycles. The van der Waals surface area contributed by atoms with E-state index in [0.717, 1.165) is 29.2 Å². The van der Waals surface area contributed by atoms with Crippen molar-refractivity contribution in [2.75, 3.05) is 51.6 Å². The fourth-order valence-corrected chi connectivity index (χ4v) is 3.36. The minimum Gasteiger partial charge on any atom is -0.497 e. The number of nitrogens with one attached hydrogen (secondary N) is 1. The van der Waals surface area contributed by atoms with E-state index in [-0.39, 0.29) is 39.2 Å². The molecule has 1 amide bonds. The molecule has 3 rings (SSSR count). The standard InChI is InChI=1S/C13H16ClNO3.C11H16ClNO2.C2H2Cl2O.CH4.H2/c1-17-11-4-2-10(3-5-11)7-15-8-12(6-14)18-9-13(15)16;1-15-11-4-2-9(3-5-11)7-13-8-10(14)6-12;3-1-2(4)5;;/h2-5,12H,6-9H2,1H3;2-5,10,13-14H,6-8H2,1H3;1H2;1H4;1H/i;;;;1+1. The number of hydrogen-bond acceptors (Lipinski definition) is 7. The lowest BCUT2D eigenvalue weighted by Crippen LogP contribution is -2.46. The van der Waals surface area contributed by atoms with Gasteiger partial charge in [-0.3, -0.25) is 9.59 Å². The fourth-order valence-electron chi connectivity index (χ4n) is 3.06. The first-order chi connectivity index (χ1) is 18.3. The molecule has 39 heavy (non-hydrogen) atoms. The van der Waals surface area contributed by atoms with E-state index in [1.807, 2.05) is 48.5 Å². The summed E-state index contributed by atoms with van der Waals surface area (Å²) < 4.78 is 15.4. The molecule has 2 atom stereocenters. The fraction of sp³-hybridized carbons (Fsp3) is 0.481. The summed E-state index contributed by atoms with van der Waals surface area (Å²) in [5.41, 5.74) is 2.22. The molecule has 0 saturated carbocycles. The number of carbonyl (C=O) groups is 2. The number of rotatable bonds is 11. The number of aliphatic hydroxyl groups is 1. The van der Waals surface area contributed by atoms with E-state index in [0.29, 0.717) is 25.5 Å². The molecule has 1 fully saturated rings. The SMILES string of the molecule is C.COc1ccc(CN2CC(CCl)OCC2=O)cc1.COc1ccc(CNCC(O)CCl)cc1.O=C(Cl)CCl.[2HH]. The second-order valence-electron chi connectivity index (χ2n) is 7.99. The zero-order chi connectivity index (χ0) is 28.3. The highest BCUT2D eigenvalue weighted by Gasteiger charge is 2.25. The molecule has 1 saturated heterocycles. The number of methoxy groups -OCH3 is 2. The molecule has 0 spiro atoms. The lowest BCUT2D eigenvalue weighted by atomic mass is 10.2. The third-order valence-electron chi connectivity index (χ3n) is 5.08. The normalized spacial score (nSPS) is 15.0. The van der Waals surface area contributed by atoms with Crippen molar-refractivity contribution in [3.8, 4) is 11.5 Å². The molecule has 1 heterocycles. The van der Waals surface area contributed by atoms with E-state index >= 15 is 0 Å². The average molecular weight is 631 g/mol. The molecule has 1 aliphatic heterocycles. The second kappa shape index (κ2) is 22.0. The van der Waals surface area contributed by atoms with Crippen LogP contribution in [-0.2, 0) is 27.4 Å². The number of carbonyl (C=O) groups excluding carboxylic acids is 2. The molecule has 2 N–H and O–H groups in total. The number of alkyl halides is 3. The summed E-state index contributed by atoms with van der Waals surface area (Å²) in [5, 5.41) is 11.8. The predicted molar refractivity (Wildman–Crippen MR) is 161 cm³/mol. The Kier molecular flexibility index (Phi) is 21.0. The Bertz CT molecular complexity index is 942. The number of morpholine rings is 1. The summed E-state index contributed by atoms with van der Waals surface area (Å²) in [6.45, 7) is 2.48. The molecule has 222 valence electrons. The lowest BCUT2D eigenvalue weighted by Gasteiger charge is -2.31. The van der Waals surface area contributed by atoms with Gasteiger partial charge in [-0.05, 0) is 47.0 Å². The van der Waals surface area contributed by atoms with Crippen LogP contribution in [0.5, 0.6) is 11.5 Å². The van der Waals surface area contributed by atoms with Crippen molar-refractivity contribution in [3.63, 3.8) is 0 Å².